The van der Waals surface area contributed by atoms with Crippen molar-refractivity contribution in [3.05, 3.63) is 24.3 Å². The van der Waals surface area contributed by atoms with Crippen molar-refractivity contribution in [2.45, 2.75) is 112 Å². The standard InChI is InChI=1S/C12H20O2.C8H16O2.3C2H4O3/c1-2-3-4-5-6-7-8-9-10-11-12(13)14;1-2-3-4-5-6-7-8(9)10;3*1-2(3)5-4/h8-11H,2-7H2,1H3,(H,13,14);2-7H2,1H3,(H,9,10);3*4H,1H3. The Balaban J connectivity index is -0.000000134. The summed E-state index contributed by atoms with van der Waals surface area (Å²) in [6.07, 6.45) is 19.9. The highest BCUT2D eigenvalue weighted by molar-refractivity contribution is 5.80. The third-order valence-corrected chi connectivity index (χ3v) is 3.84. The molecule has 0 aliphatic heterocycles. The summed E-state index contributed by atoms with van der Waals surface area (Å²) in [5.74, 6) is -3.63. The van der Waals surface area contributed by atoms with Crippen LogP contribution in [0.2, 0.25) is 0 Å². The van der Waals surface area contributed by atoms with Crippen LogP contribution < -0.4 is 0 Å². The van der Waals surface area contributed by atoms with Crippen molar-refractivity contribution >= 4 is 29.8 Å². The number of rotatable bonds is 14. The Bertz CT molecular complexity index is 610. The van der Waals surface area contributed by atoms with Crippen LogP contribution in [0.3, 0.4) is 0 Å². The van der Waals surface area contributed by atoms with E-state index < -0.39 is 29.8 Å². The van der Waals surface area contributed by atoms with Gasteiger partial charge in [0, 0.05) is 33.3 Å². The van der Waals surface area contributed by atoms with Gasteiger partial charge in [-0.25, -0.2) is 19.2 Å². The second-order valence-corrected chi connectivity index (χ2v) is 7.63. The molecule has 230 valence electrons. The Kier molecular flexibility index (Phi) is 48.9. The van der Waals surface area contributed by atoms with E-state index in [0.717, 1.165) is 46.1 Å². The van der Waals surface area contributed by atoms with Gasteiger partial charge in [0.2, 0.25) is 0 Å². The Morgan fingerprint density at radius 3 is 1.26 bits per heavy atom. The van der Waals surface area contributed by atoms with Crippen molar-refractivity contribution in [2.24, 2.45) is 0 Å². The second kappa shape index (κ2) is 41.8. The zero-order valence-corrected chi connectivity index (χ0v) is 23.8. The molecular weight excluding hydrogens is 520 g/mol. The van der Waals surface area contributed by atoms with Gasteiger partial charge in [-0.1, -0.05) is 83.4 Å². The Morgan fingerprint density at radius 2 is 0.949 bits per heavy atom. The molecule has 13 nitrogen and oxygen atoms in total. The van der Waals surface area contributed by atoms with Crippen molar-refractivity contribution in [3.8, 4) is 0 Å². The van der Waals surface area contributed by atoms with E-state index in [4.69, 9.17) is 26.0 Å². The number of carboxylic acids is 2. The fourth-order valence-corrected chi connectivity index (χ4v) is 2.06. The highest BCUT2D eigenvalue weighted by Gasteiger charge is 1.94. The molecule has 0 unspecified atom stereocenters. The van der Waals surface area contributed by atoms with Crippen LogP contribution in [0.1, 0.15) is 112 Å². The van der Waals surface area contributed by atoms with Crippen molar-refractivity contribution in [1.82, 2.24) is 0 Å². The van der Waals surface area contributed by atoms with Gasteiger partial charge in [-0.15, -0.1) is 0 Å². The molecule has 0 saturated carbocycles. The molecule has 5 N–H and O–H groups in total. The van der Waals surface area contributed by atoms with Crippen LogP contribution in [-0.2, 0) is 38.6 Å². The van der Waals surface area contributed by atoms with Gasteiger partial charge in [0.05, 0.1) is 0 Å². The molecule has 0 aromatic rings. The van der Waals surface area contributed by atoms with Gasteiger partial charge in [-0.3, -0.25) is 4.79 Å². The van der Waals surface area contributed by atoms with Crippen LogP contribution in [0.15, 0.2) is 24.3 Å². The molecule has 0 atom stereocenters. The van der Waals surface area contributed by atoms with Crippen LogP contribution in [0, 0.1) is 0 Å². The maximum absolute atomic E-state index is 10.1. The number of hydrogen-bond donors (Lipinski definition) is 5. The average molecular weight is 569 g/mol. The van der Waals surface area contributed by atoms with Crippen molar-refractivity contribution in [3.63, 3.8) is 0 Å². The summed E-state index contributed by atoms with van der Waals surface area (Å²) in [4.78, 5) is 57.5. The van der Waals surface area contributed by atoms with Crippen LogP contribution in [-0.4, -0.2) is 55.8 Å². The van der Waals surface area contributed by atoms with E-state index in [1.807, 2.05) is 6.08 Å². The number of hydrogen-bond acceptors (Lipinski definition) is 11. The first-order chi connectivity index (χ1) is 18.4. The first-order valence-electron chi connectivity index (χ1n) is 12.6. The van der Waals surface area contributed by atoms with Gasteiger partial charge in [-0.2, -0.15) is 15.8 Å². The maximum Gasteiger partial charge on any atom is 0.339 e. The summed E-state index contributed by atoms with van der Waals surface area (Å²) >= 11 is 0. The molecule has 0 aliphatic rings. The molecule has 0 aromatic carbocycles. The molecule has 0 spiro atoms. The monoisotopic (exact) mass is 568 g/mol. The number of carboxylic acid groups (broad SMARTS) is 2. The quantitative estimate of drug-likeness (QED) is 0.0403. The van der Waals surface area contributed by atoms with Crippen molar-refractivity contribution in [1.29, 1.82) is 0 Å². The van der Waals surface area contributed by atoms with Crippen LogP contribution in [0.25, 0.3) is 0 Å². The summed E-state index contributed by atoms with van der Waals surface area (Å²) < 4.78 is 0. The second-order valence-electron chi connectivity index (χ2n) is 7.63. The van der Waals surface area contributed by atoms with Gasteiger partial charge in [-0.05, 0) is 19.3 Å². The molecule has 0 aromatic heterocycles. The van der Waals surface area contributed by atoms with Gasteiger partial charge < -0.3 is 24.9 Å². The number of allylic oxidation sites excluding steroid dienone is 3. The minimum absolute atomic E-state index is 0.337. The molecule has 0 aliphatic carbocycles. The molecule has 0 rings (SSSR count). The largest absolute Gasteiger partial charge is 0.481 e. The van der Waals surface area contributed by atoms with E-state index in [1.165, 1.54) is 51.4 Å². The van der Waals surface area contributed by atoms with E-state index in [9.17, 15) is 24.0 Å². The molecule has 13 heteroatoms. The van der Waals surface area contributed by atoms with E-state index >= 15 is 0 Å². The summed E-state index contributed by atoms with van der Waals surface area (Å²) in [5.41, 5.74) is 0. The summed E-state index contributed by atoms with van der Waals surface area (Å²) in [6, 6.07) is 0. The van der Waals surface area contributed by atoms with E-state index in [2.05, 4.69) is 28.5 Å². The molecule has 0 radical (unpaired) electrons. The predicted molar refractivity (Wildman–Crippen MR) is 143 cm³/mol. The van der Waals surface area contributed by atoms with Crippen molar-refractivity contribution < 1.29 is 64.6 Å². The number of unbranched alkanes of at least 4 members (excludes halogenated alkanes) is 9. The fourth-order valence-electron chi connectivity index (χ4n) is 2.06. The third kappa shape index (κ3) is 86.6. The highest BCUT2D eigenvalue weighted by Crippen LogP contribution is 2.05. The zero-order valence-electron chi connectivity index (χ0n) is 23.8. The summed E-state index contributed by atoms with van der Waals surface area (Å²) in [6.45, 7) is 7.69. The van der Waals surface area contributed by atoms with E-state index in [-0.39, 0.29) is 0 Å². The Morgan fingerprint density at radius 1 is 0.590 bits per heavy atom. The summed E-state index contributed by atoms with van der Waals surface area (Å²) in [7, 11) is 0. The number of aliphatic carboxylic acids is 2. The van der Waals surface area contributed by atoms with Crippen LogP contribution >= 0.6 is 0 Å². The molecule has 0 saturated heterocycles. The highest BCUT2D eigenvalue weighted by atomic mass is 17.1. The lowest BCUT2D eigenvalue weighted by atomic mass is 10.1. The predicted octanol–water partition coefficient (Wildman–Crippen LogP) is 6.04. The van der Waals surface area contributed by atoms with Gasteiger partial charge in [0.25, 0.3) is 0 Å². The zero-order chi connectivity index (χ0) is 31.3. The lowest BCUT2D eigenvalue weighted by Gasteiger charge is -1.95. The lowest BCUT2D eigenvalue weighted by Crippen LogP contribution is -1.93. The minimum Gasteiger partial charge on any atom is -0.481 e. The molecule has 0 fully saturated rings. The molecular formula is C26H48O13. The smallest absolute Gasteiger partial charge is 0.339 e. The van der Waals surface area contributed by atoms with E-state index in [0.29, 0.717) is 6.42 Å². The number of carbonyl (C=O) groups excluding carboxylic acids is 3. The lowest BCUT2D eigenvalue weighted by molar-refractivity contribution is -0.231. The molecule has 39 heavy (non-hydrogen) atoms. The average Bonchev–Trinajstić information content (AvgIpc) is 2.88. The first kappa shape index (κ1) is 45.6. The molecule has 0 heterocycles. The minimum atomic E-state index is -0.891. The van der Waals surface area contributed by atoms with Crippen LogP contribution in [0.5, 0.6) is 0 Å². The van der Waals surface area contributed by atoms with Gasteiger partial charge >= 0.3 is 29.8 Å². The topological polar surface area (TPSA) is 214 Å². The van der Waals surface area contributed by atoms with Crippen LogP contribution in [0.4, 0.5) is 0 Å². The maximum atomic E-state index is 10.1. The summed E-state index contributed by atoms with van der Waals surface area (Å²) in [5, 5.41) is 38.4. The molecule has 0 bridgehead atoms. The third-order valence-electron chi connectivity index (χ3n) is 3.84. The Labute approximate surface area is 230 Å². The van der Waals surface area contributed by atoms with E-state index in [1.54, 1.807) is 12.2 Å². The molecule has 0 amide bonds. The van der Waals surface area contributed by atoms with Crippen molar-refractivity contribution in [2.75, 3.05) is 0 Å². The Hall–Kier alpha value is -3.29. The normalized spacial score (nSPS) is 9.23. The first-order valence-corrected chi connectivity index (χ1v) is 12.6. The van der Waals surface area contributed by atoms with Gasteiger partial charge in [0.15, 0.2) is 0 Å². The fraction of sp³-hybridized carbons (Fsp3) is 0.654. The SMILES string of the molecule is CC(=O)OO.CC(=O)OO.CC(=O)OO.CCCCCCCC(=O)O.CCCCCCCC=CC=CC(=O)O. The van der Waals surface area contributed by atoms with Gasteiger partial charge in [0.1, 0.15) is 0 Å². The number of carbonyl (C=O) groups is 5.